The van der Waals surface area contributed by atoms with Crippen LogP contribution in [0, 0.1) is 0 Å². The van der Waals surface area contributed by atoms with Gasteiger partial charge in [-0.25, -0.2) is 0 Å². The zero-order chi connectivity index (χ0) is 20.8. The van der Waals surface area contributed by atoms with Crippen molar-refractivity contribution in [1.82, 2.24) is 0 Å². The summed E-state index contributed by atoms with van der Waals surface area (Å²) in [5.41, 5.74) is 0. The number of esters is 1. The molecule has 0 fully saturated rings. The van der Waals surface area contributed by atoms with Gasteiger partial charge < -0.3 is 0 Å². The van der Waals surface area contributed by atoms with Crippen molar-refractivity contribution in [3.63, 3.8) is 0 Å². The topological polar surface area (TPSA) is 52.6 Å². The molecule has 0 heterocycles. The van der Waals surface area contributed by atoms with E-state index in [-0.39, 0.29) is 0 Å². The zero-order valence-electron chi connectivity index (χ0n) is 16.7. The third-order valence-corrected chi connectivity index (χ3v) is 11.2. The molecule has 0 bridgehead atoms. The number of ether oxygens (including phenoxy) is 1. The van der Waals surface area contributed by atoms with Crippen molar-refractivity contribution in [3.05, 3.63) is 91.0 Å². The maximum atomic E-state index is 13.0. The van der Waals surface area contributed by atoms with Gasteiger partial charge in [0, 0.05) is 0 Å². The summed E-state index contributed by atoms with van der Waals surface area (Å²) in [6.45, 7) is -0.735. The van der Waals surface area contributed by atoms with E-state index in [1.165, 1.54) is 6.92 Å². The summed E-state index contributed by atoms with van der Waals surface area (Å²) in [5.74, 6) is -1.07. The standard InChI is InChI=1S/C24H25O4P/c1-3-29(21-13-7-4-8-14-21,22-15-9-5-10-16-22,23-17-11-6-12-18-23)28-24(26)19-27-20(2)25/h4-18H,3,19H2,1-2H3. The normalized spacial score (nSPS) is 12.4. The van der Waals surface area contributed by atoms with Crippen molar-refractivity contribution in [3.8, 4) is 0 Å². The van der Waals surface area contributed by atoms with E-state index in [1.807, 2.05) is 97.9 Å². The van der Waals surface area contributed by atoms with Gasteiger partial charge in [0.2, 0.25) is 0 Å². The molecule has 4 nitrogen and oxygen atoms in total. The van der Waals surface area contributed by atoms with Gasteiger partial charge in [0.1, 0.15) is 0 Å². The van der Waals surface area contributed by atoms with E-state index in [0.29, 0.717) is 6.16 Å². The molecule has 0 saturated heterocycles. The van der Waals surface area contributed by atoms with E-state index >= 15 is 0 Å². The molecule has 3 aromatic carbocycles. The molecule has 0 N–H and O–H groups in total. The molecule has 150 valence electrons. The minimum atomic E-state index is -3.64. The average molecular weight is 408 g/mol. The summed E-state index contributed by atoms with van der Waals surface area (Å²) < 4.78 is 11.5. The Morgan fingerprint density at radius 2 is 1.10 bits per heavy atom. The van der Waals surface area contributed by atoms with Crippen LogP contribution in [0.1, 0.15) is 13.8 Å². The van der Waals surface area contributed by atoms with Crippen LogP contribution >= 0.6 is 6.83 Å². The van der Waals surface area contributed by atoms with E-state index in [1.54, 1.807) is 0 Å². The summed E-state index contributed by atoms with van der Waals surface area (Å²) in [4.78, 5) is 24.2. The molecule has 0 aliphatic carbocycles. The number of benzene rings is 3. The van der Waals surface area contributed by atoms with E-state index in [9.17, 15) is 9.59 Å². The van der Waals surface area contributed by atoms with Gasteiger partial charge in [-0.15, -0.1) is 0 Å². The molecule has 0 atom stereocenters. The Morgan fingerprint density at radius 3 is 1.41 bits per heavy atom. The van der Waals surface area contributed by atoms with Crippen molar-refractivity contribution < 1.29 is 18.8 Å². The fourth-order valence-electron chi connectivity index (χ4n) is 3.86. The second kappa shape index (κ2) is 8.59. The Morgan fingerprint density at radius 1 is 0.724 bits per heavy atom. The van der Waals surface area contributed by atoms with Crippen LogP contribution < -0.4 is 15.9 Å². The first kappa shape index (κ1) is 20.8. The Hall–Kier alpha value is -2.97. The zero-order valence-corrected chi connectivity index (χ0v) is 17.5. The van der Waals surface area contributed by atoms with Gasteiger partial charge in [-0.2, -0.15) is 0 Å². The van der Waals surface area contributed by atoms with Gasteiger partial charge >= 0.3 is 171 Å². The first-order chi connectivity index (χ1) is 14.0. The van der Waals surface area contributed by atoms with Crippen LogP contribution in [-0.2, 0) is 18.8 Å². The number of hydrogen-bond donors (Lipinski definition) is 0. The van der Waals surface area contributed by atoms with Crippen LogP contribution in [0.2, 0.25) is 0 Å². The summed E-state index contributed by atoms with van der Waals surface area (Å²) in [6.07, 6.45) is 0.579. The van der Waals surface area contributed by atoms with Gasteiger partial charge in [-0.05, 0) is 0 Å². The van der Waals surface area contributed by atoms with Crippen molar-refractivity contribution in [2.45, 2.75) is 13.8 Å². The molecule has 0 unspecified atom stereocenters. The molecule has 29 heavy (non-hydrogen) atoms. The number of carbonyl (C=O) groups is 2. The van der Waals surface area contributed by atoms with Crippen LogP contribution in [0.25, 0.3) is 0 Å². The number of carbonyl (C=O) groups excluding carboxylic acids is 2. The van der Waals surface area contributed by atoms with Crippen molar-refractivity contribution in [2.24, 2.45) is 0 Å². The molecule has 0 saturated carbocycles. The van der Waals surface area contributed by atoms with Crippen LogP contribution in [0.4, 0.5) is 0 Å². The Kier molecular flexibility index (Phi) is 6.14. The van der Waals surface area contributed by atoms with Gasteiger partial charge in [0.15, 0.2) is 0 Å². The van der Waals surface area contributed by atoms with Gasteiger partial charge in [0.25, 0.3) is 0 Å². The first-order valence-electron chi connectivity index (χ1n) is 9.57. The minimum absolute atomic E-state index is 0.417. The average Bonchev–Trinajstić information content (AvgIpc) is 2.78. The molecule has 3 aromatic rings. The summed E-state index contributed by atoms with van der Waals surface area (Å²) in [6, 6.07) is 29.7. The van der Waals surface area contributed by atoms with Crippen LogP contribution in [0.15, 0.2) is 91.0 Å². The molecule has 0 amide bonds. The third-order valence-electron chi connectivity index (χ3n) is 5.21. The molecule has 0 aliphatic rings. The summed E-state index contributed by atoms with van der Waals surface area (Å²) >= 11 is 0. The predicted molar refractivity (Wildman–Crippen MR) is 118 cm³/mol. The Labute approximate surface area is 171 Å². The molecule has 3 rings (SSSR count). The molecular formula is C24H25O4P. The van der Waals surface area contributed by atoms with E-state index in [2.05, 4.69) is 0 Å². The van der Waals surface area contributed by atoms with Crippen molar-refractivity contribution in [2.75, 3.05) is 12.8 Å². The van der Waals surface area contributed by atoms with Crippen molar-refractivity contribution in [1.29, 1.82) is 0 Å². The quantitative estimate of drug-likeness (QED) is 0.443. The monoisotopic (exact) mass is 408 g/mol. The fourth-order valence-corrected chi connectivity index (χ4v) is 9.21. The second-order valence-electron chi connectivity index (χ2n) is 6.78. The van der Waals surface area contributed by atoms with Gasteiger partial charge in [0.05, 0.1) is 0 Å². The molecule has 0 radical (unpaired) electrons. The predicted octanol–water partition coefficient (Wildman–Crippen LogP) is 3.56. The first-order valence-corrected chi connectivity index (χ1v) is 11.9. The fraction of sp³-hybridized carbons (Fsp3) is 0.167. The Balaban J connectivity index is 2.34. The molecule has 0 spiro atoms. The van der Waals surface area contributed by atoms with Crippen LogP contribution in [-0.4, -0.2) is 24.7 Å². The van der Waals surface area contributed by atoms with Gasteiger partial charge in [-0.1, -0.05) is 0 Å². The molecular weight excluding hydrogens is 383 g/mol. The van der Waals surface area contributed by atoms with Crippen molar-refractivity contribution >= 4 is 34.7 Å². The summed E-state index contributed by atoms with van der Waals surface area (Å²) in [5, 5.41) is 2.86. The van der Waals surface area contributed by atoms with E-state index < -0.39 is 25.4 Å². The van der Waals surface area contributed by atoms with Gasteiger partial charge in [-0.3, -0.25) is 0 Å². The number of hydrogen-bond acceptors (Lipinski definition) is 4. The molecule has 5 heteroatoms. The SMILES string of the molecule is CCP(OC(=O)COC(C)=O)(c1ccccc1)(c1ccccc1)c1ccccc1. The van der Waals surface area contributed by atoms with Crippen LogP contribution in [0.5, 0.6) is 0 Å². The summed E-state index contributed by atoms with van der Waals surface area (Å²) in [7, 11) is 0. The number of rotatable bonds is 7. The molecule has 0 aromatic heterocycles. The second-order valence-corrected chi connectivity index (χ2v) is 11.6. The van der Waals surface area contributed by atoms with E-state index in [0.717, 1.165) is 15.9 Å². The third kappa shape index (κ3) is 3.68. The molecule has 0 aliphatic heterocycles. The van der Waals surface area contributed by atoms with E-state index in [4.69, 9.17) is 9.26 Å². The maximum absolute atomic E-state index is 13.0. The van der Waals surface area contributed by atoms with Crippen LogP contribution in [0.3, 0.4) is 0 Å². The Bertz CT molecular complexity index is 872.